The number of carboxylic acid groups (broad SMARTS) is 1. The van der Waals surface area contributed by atoms with Crippen molar-refractivity contribution < 1.29 is 9.90 Å². The summed E-state index contributed by atoms with van der Waals surface area (Å²) >= 11 is 0. The molecule has 0 amide bonds. The predicted molar refractivity (Wildman–Crippen MR) is 83.7 cm³/mol. The number of aromatic nitrogens is 1. The number of fused-ring (bicyclic) bond motifs is 1. The maximum atomic E-state index is 11.2. The minimum Gasteiger partial charge on any atom is -0.477 e. The number of carboxylic acids is 1. The van der Waals surface area contributed by atoms with Gasteiger partial charge in [0.2, 0.25) is 0 Å². The molecule has 1 aromatic carbocycles. The molecule has 0 radical (unpaired) electrons. The van der Waals surface area contributed by atoms with E-state index in [1.165, 1.54) is 6.42 Å². The first kappa shape index (κ1) is 13.6. The van der Waals surface area contributed by atoms with Crippen LogP contribution in [0.4, 0.5) is 5.82 Å². The lowest BCUT2D eigenvalue weighted by molar-refractivity contribution is 0.0691. The van der Waals surface area contributed by atoms with E-state index >= 15 is 0 Å². The maximum Gasteiger partial charge on any atom is 0.354 e. The molecule has 2 N–H and O–H groups in total. The standard InChI is InChI=1S/C17H18N2O2/c20-17(21)15-10-13-8-4-5-9-14(13)16(19-15)18-11-12-6-2-1-3-7-12/h1-2,4-5,8-10,12H,3,6-7,11H2,(H,18,19)(H,20,21). The van der Waals surface area contributed by atoms with Crippen LogP contribution in [0, 0.1) is 5.92 Å². The molecule has 0 saturated carbocycles. The van der Waals surface area contributed by atoms with Gasteiger partial charge in [0, 0.05) is 11.9 Å². The van der Waals surface area contributed by atoms with Crippen LogP contribution in [0.5, 0.6) is 0 Å². The zero-order valence-corrected chi connectivity index (χ0v) is 11.7. The van der Waals surface area contributed by atoms with E-state index in [1.807, 2.05) is 24.3 Å². The van der Waals surface area contributed by atoms with E-state index in [0.29, 0.717) is 11.7 Å². The molecule has 0 bridgehead atoms. The molecule has 108 valence electrons. The Balaban J connectivity index is 1.88. The third kappa shape index (κ3) is 3.05. The van der Waals surface area contributed by atoms with Crippen LogP contribution in [0.1, 0.15) is 29.8 Å². The van der Waals surface area contributed by atoms with Gasteiger partial charge < -0.3 is 10.4 Å². The Labute approximate surface area is 123 Å². The lowest BCUT2D eigenvalue weighted by atomic mass is 9.94. The Kier molecular flexibility index (Phi) is 3.86. The molecule has 4 heteroatoms. The van der Waals surface area contributed by atoms with Gasteiger partial charge in [0.05, 0.1) is 0 Å². The monoisotopic (exact) mass is 282 g/mol. The van der Waals surface area contributed by atoms with Crippen molar-refractivity contribution in [2.75, 3.05) is 11.9 Å². The van der Waals surface area contributed by atoms with Crippen molar-refractivity contribution in [2.24, 2.45) is 5.92 Å². The number of aromatic carboxylic acids is 1. The molecular weight excluding hydrogens is 264 g/mol. The van der Waals surface area contributed by atoms with E-state index in [9.17, 15) is 9.90 Å². The first-order valence-corrected chi connectivity index (χ1v) is 7.26. The summed E-state index contributed by atoms with van der Waals surface area (Å²) in [6, 6.07) is 9.35. The Morgan fingerprint density at radius 1 is 1.33 bits per heavy atom. The summed E-state index contributed by atoms with van der Waals surface area (Å²) in [6.45, 7) is 0.824. The summed E-state index contributed by atoms with van der Waals surface area (Å²) in [4.78, 5) is 15.5. The molecular formula is C17H18N2O2. The van der Waals surface area contributed by atoms with Crippen LogP contribution in [-0.2, 0) is 0 Å². The number of nitrogens with zero attached hydrogens (tertiary/aromatic N) is 1. The van der Waals surface area contributed by atoms with Crippen molar-refractivity contribution in [1.29, 1.82) is 0 Å². The molecule has 1 heterocycles. The molecule has 0 saturated heterocycles. The van der Waals surface area contributed by atoms with Gasteiger partial charge in [-0.1, -0.05) is 36.4 Å². The highest BCUT2D eigenvalue weighted by Gasteiger charge is 2.13. The summed E-state index contributed by atoms with van der Waals surface area (Å²) in [5.74, 6) is 0.258. The van der Waals surface area contributed by atoms with Crippen molar-refractivity contribution in [3.63, 3.8) is 0 Å². The minimum atomic E-state index is -0.996. The van der Waals surface area contributed by atoms with Crippen LogP contribution in [0.3, 0.4) is 0 Å². The molecule has 0 fully saturated rings. The van der Waals surface area contributed by atoms with Gasteiger partial charge in [0.15, 0.2) is 5.69 Å². The zero-order chi connectivity index (χ0) is 14.7. The summed E-state index contributed by atoms with van der Waals surface area (Å²) in [6.07, 6.45) is 7.80. The van der Waals surface area contributed by atoms with Crippen LogP contribution in [0.15, 0.2) is 42.5 Å². The van der Waals surface area contributed by atoms with E-state index in [-0.39, 0.29) is 5.69 Å². The highest BCUT2D eigenvalue weighted by Crippen LogP contribution is 2.24. The molecule has 1 atom stereocenters. The number of carbonyl (C=O) groups is 1. The fourth-order valence-corrected chi connectivity index (χ4v) is 2.73. The summed E-state index contributed by atoms with van der Waals surface area (Å²) in [5.41, 5.74) is 0.0831. The first-order chi connectivity index (χ1) is 10.2. The Hall–Kier alpha value is -2.36. The molecule has 0 aliphatic heterocycles. The van der Waals surface area contributed by atoms with E-state index in [2.05, 4.69) is 22.5 Å². The van der Waals surface area contributed by atoms with Gasteiger partial charge in [-0.25, -0.2) is 9.78 Å². The lowest BCUT2D eigenvalue weighted by Gasteiger charge is -2.19. The smallest absolute Gasteiger partial charge is 0.354 e. The first-order valence-electron chi connectivity index (χ1n) is 7.26. The van der Waals surface area contributed by atoms with Crippen molar-refractivity contribution in [3.05, 3.63) is 48.2 Å². The summed E-state index contributed by atoms with van der Waals surface area (Å²) < 4.78 is 0. The largest absolute Gasteiger partial charge is 0.477 e. The van der Waals surface area contributed by atoms with E-state index in [4.69, 9.17) is 0 Å². The number of hydrogen-bond donors (Lipinski definition) is 2. The fourth-order valence-electron chi connectivity index (χ4n) is 2.73. The van der Waals surface area contributed by atoms with Crippen LogP contribution in [0.2, 0.25) is 0 Å². The molecule has 2 aromatic rings. The third-order valence-corrected chi connectivity index (χ3v) is 3.90. The molecule has 4 nitrogen and oxygen atoms in total. The van der Waals surface area contributed by atoms with Crippen LogP contribution in [0.25, 0.3) is 10.8 Å². The summed E-state index contributed by atoms with van der Waals surface area (Å²) in [5, 5.41) is 14.4. The average molecular weight is 282 g/mol. The van der Waals surface area contributed by atoms with Crippen LogP contribution in [-0.4, -0.2) is 22.6 Å². The van der Waals surface area contributed by atoms with Crippen molar-refractivity contribution in [3.8, 4) is 0 Å². The number of rotatable bonds is 4. The van der Waals surface area contributed by atoms with Gasteiger partial charge in [-0.15, -0.1) is 0 Å². The highest BCUT2D eigenvalue weighted by molar-refractivity contribution is 5.97. The predicted octanol–water partition coefficient (Wildman–Crippen LogP) is 3.70. The topological polar surface area (TPSA) is 62.2 Å². The number of anilines is 1. The highest BCUT2D eigenvalue weighted by atomic mass is 16.4. The normalized spacial score (nSPS) is 17.8. The third-order valence-electron chi connectivity index (χ3n) is 3.90. The van der Waals surface area contributed by atoms with Crippen molar-refractivity contribution >= 4 is 22.6 Å². The van der Waals surface area contributed by atoms with Gasteiger partial charge in [-0.05, 0) is 36.6 Å². The lowest BCUT2D eigenvalue weighted by Crippen LogP contribution is -2.17. The maximum absolute atomic E-state index is 11.2. The Morgan fingerprint density at radius 2 is 2.19 bits per heavy atom. The van der Waals surface area contributed by atoms with E-state index in [1.54, 1.807) is 6.07 Å². The average Bonchev–Trinajstić information content (AvgIpc) is 2.53. The fraction of sp³-hybridized carbons (Fsp3) is 0.294. The van der Waals surface area contributed by atoms with E-state index in [0.717, 1.165) is 30.2 Å². The second kappa shape index (κ2) is 5.95. The molecule has 1 aliphatic carbocycles. The number of nitrogens with one attached hydrogen (secondary N) is 1. The minimum absolute atomic E-state index is 0.0831. The van der Waals surface area contributed by atoms with Gasteiger partial charge >= 0.3 is 5.97 Å². The molecule has 21 heavy (non-hydrogen) atoms. The van der Waals surface area contributed by atoms with Gasteiger partial charge in [0.25, 0.3) is 0 Å². The van der Waals surface area contributed by atoms with Gasteiger partial charge in [-0.2, -0.15) is 0 Å². The summed E-state index contributed by atoms with van der Waals surface area (Å²) in [7, 11) is 0. The number of benzene rings is 1. The van der Waals surface area contributed by atoms with E-state index < -0.39 is 5.97 Å². The van der Waals surface area contributed by atoms with Crippen LogP contribution < -0.4 is 5.32 Å². The zero-order valence-electron chi connectivity index (χ0n) is 11.7. The molecule has 1 aromatic heterocycles. The Bertz CT molecular complexity index is 694. The number of hydrogen-bond acceptors (Lipinski definition) is 3. The second-order valence-corrected chi connectivity index (χ2v) is 5.41. The molecule has 3 rings (SSSR count). The number of allylic oxidation sites excluding steroid dienone is 2. The van der Waals surface area contributed by atoms with Crippen molar-refractivity contribution in [2.45, 2.75) is 19.3 Å². The molecule has 1 aliphatic rings. The van der Waals surface area contributed by atoms with Gasteiger partial charge in [0.1, 0.15) is 5.82 Å². The van der Waals surface area contributed by atoms with Gasteiger partial charge in [-0.3, -0.25) is 0 Å². The SMILES string of the molecule is O=C(O)c1cc2ccccc2c(NCC2CC=CCC2)n1. The second-order valence-electron chi connectivity index (χ2n) is 5.41. The molecule has 1 unspecified atom stereocenters. The quantitative estimate of drug-likeness (QED) is 0.839. The van der Waals surface area contributed by atoms with Crippen molar-refractivity contribution in [1.82, 2.24) is 4.98 Å². The number of pyridine rings is 1. The van der Waals surface area contributed by atoms with Crippen LogP contribution >= 0.6 is 0 Å². The molecule has 0 spiro atoms. The Morgan fingerprint density at radius 3 is 2.95 bits per heavy atom.